The highest BCUT2D eigenvalue weighted by Gasteiger charge is 2.38. The van der Waals surface area contributed by atoms with Crippen LogP contribution in [-0.2, 0) is 6.54 Å². The van der Waals surface area contributed by atoms with Gasteiger partial charge in [-0.3, -0.25) is 14.9 Å². The van der Waals surface area contributed by atoms with Gasteiger partial charge in [0.1, 0.15) is 0 Å². The first-order valence-electron chi connectivity index (χ1n) is 8.26. The monoisotopic (exact) mass is 315 g/mol. The summed E-state index contributed by atoms with van der Waals surface area (Å²) in [6.07, 6.45) is 10.6. The van der Waals surface area contributed by atoms with Crippen LogP contribution in [0.4, 0.5) is 0 Å². The number of aliphatic hydroxyl groups excluding tert-OH is 1. The van der Waals surface area contributed by atoms with Crippen LogP contribution in [-0.4, -0.2) is 52.8 Å². The largest absolute Gasteiger partial charge is 0.395 e. The standard InChI is InChI=1S/C15H21N7O/c23-10-13-4-5-14(21(13)9-11-8-16-6-7-17-11)15-18-19-20-22(15)12-2-1-3-12/h6-8,12-14,23H,1-5,9-10H2/t13-,14-/m0/s1. The zero-order chi connectivity index (χ0) is 15.6. The van der Waals surface area contributed by atoms with Gasteiger partial charge in [-0.05, 0) is 42.5 Å². The summed E-state index contributed by atoms with van der Waals surface area (Å²) in [5, 5.41) is 22.2. The lowest BCUT2D eigenvalue weighted by Crippen LogP contribution is -2.35. The molecule has 0 unspecified atom stereocenters. The summed E-state index contributed by atoms with van der Waals surface area (Å²) in [4.78, 5) is 10.8. The first-order chi connectivity index (χ1) is 11.4. The van der Waals surface area contributed by atoms with Crippen molar-refractivity contribution in [1.29, 1.82) is 0 Å². The minimum absolute atomic E-state index is 0.119. The number of hydrogen-bond donors (Lipinski definition) is 1. The van der Waals surface area contributed by atoms with E-state index in [0.29, 0.717) is 12.6 Å². The highest BCUT2D eigenvalue weighted by Crippen LogP contribution is 2.39. The van der Waals surface area contributed by atoms with E-state index in [1.54, 1.807) is 18.6 Å². The Morgan fingerprint density at radius 1 is 1.17 bits per heavy atom. The van der Waals surface area contributed by atoms with Gasteiger partial charge in [0.25, 0.3) is 0 Å². The molecule has 1 saturated heterocycles. The normalized spacial score (nSPS) is 25.6. The van der Waals surface area contributed by atoms with Crippen LogP contribution < -0.4 is 0 Å². The van der Waals surface area contributed by atoms with Crippen molar-refractivity contribution < 1.29 is 5.11 Å². The number of nitrogens with zero attached hydrogens (tertiary/aromatic N) is 7. The molecule has 8 nitrogen and oxygen atoms in total. The molecule has 0 radical (unpaired) electrons. The molecular weight excluding hydrogens is 294 g/mol. The van der Waals surface area contributed by atoms with E-state index in [2.05, 4.69) is 30.4 Å². The molecule has 2 atom stereocenters. The number of rotatable bonds is 5. The Kier molecular flexibility index (Phi) is 4.00. The second-order valence-corrected chi connectivity index (χ2v) is 6.37. The van der Waals surface area contributed by atoms with Crippen LogP contribution in [0, 0.1) is 0 Å². The fraction of sp³-hybridized carbons (Fsp3) is 0.667. The molecule has 122 valence electrons. The van der Waals surface area contributed by atoms with E-state index in [4.69, 9.17) is 0 Å². The Balaban J connectivity index is 1.60. The maximum absolute atomic E-state index is 9.73. The number of tetrazole rings is 1. The molecule has 0 bridgehead atoms. The Hall–Kier alpha value is -1.93. The summed E-state index contributed by atoms with van der Waals surface area (Å²) < 4.78 is 2.00. The van der Waals surface area contributed by atoms with Crippen molar-refractivity contribution in [3.63, 3.8) is 0 Å². The maximum atomic E-state index is 9.73. The first-order valence-corrected chi connectivity index (χ1v) is 8.26. The molecule has 2 aromatic rings. The van der Waals surface area contributed by atoms with Gasteiger partial charge in [-0.25, -0.2) is 4.68 Å². The third-order valence-corrected chi connectivity index (χ3v) is 5.05. The van der Waals surface area contributed by atoms with Gasteiger partial charge in [-0.1, -0.05) is 0 Å². The molecule has 2 fully saturated rings. The van der Waals surface area contributed by atoms with Crippen molar-refractivity contribution in [1.82, 2.24) is 35.1 Å². The summed E-state index contributed by atoms with van der Waals surface area (Å²) in [7, 11) is 0. The summed E-state index contributed by atoms with van der Waals surface area (Å²) in [5.41, 5.74) is 0.903. The lowest BCUT2D eigenvalue weighted by atomic mass is 9.93. The van der Waals surface area contributed by atoms with E-state index < -0.39 is 0 Å². The summed E-state index contributed by atoms with van der Waals surface area (Å²) >= 11 is 0. The molecule has 1 N–H and O–H groups in total. The van der Waals surface area contributed by atoms with Crippen LogP contribution in [0.2, 0.25) is 0 Å². The van der Waals surface area contributed by atoms with Gasteiger partial charge in [-0.15, -0.1) is 5.10 Å². The summed E-state index contributed by atoms with van der Waals surface area (Å²) in [6, 6.07) is 0.685. The molecule has 1 saturated carbocycles. The number of likely N-dealkylation sites (tertiary alicyclic amines) is 1. The van der Waals surface area contributed by atoms with Crippen LogP contribution >= 0.6 is 0 Å². The maximum Gasteiger partial charge on any atom is 0.168 e. The van der Waals surface area contributed by atoms with Gasteiger partial charge in [-0.2, -0.15) is 0 Å². The van der Waals surface area contributed by atoms with E-state index >= 15 is 0 Å². The predicted octanol–water partition coefficient (Wildman–Crippen LogP) is 0.886. The lowest BCUT2D eigenvalue weighted by Gasteiger charge is -2.31. The van der Waals surface area contributed by atoms with Gasteiger partial charge in [0.05, 0.1) is 24.4 Å². The van der Waals surface area contributed by atoms with Crippen LogP contribution in [0.1, 0.15) is 55.7 Å². The molecule has 23 heavy (non-hydrogen) atoms. The molecule has 1 aliphatic carbocycles. The van der Waals surface area contributed by atoms with E-state index in [1.165, 1.54) is 6.42 Å². The van der Waals surface area contributed by atoms with Gasteiger partial charge < -0.3 is 5.11 Å². The molecule has 0 aromatic carbocycles. The zero-order valence-electron chi connectivity index (χ0n) is 13.0. The zero-order valence-corrected chi connectivity index (χ0v) is 13.0. The molecule has 4 rings (SSSR count). The van der Waals surface area contributed by atoms with Gasteiger partial charge in [0, 0.05) is 31.2 Å². The average Bonchev–Trinajstić information content (AvgIpc) is 3.13. The van der Waals surface area contributed by atoms with Crippen LogP contribution in [0.3, 0.4) is 0 Å². The average molecular weight is 315 g/mol. The fourth-order valence-corrected chi connectivity index (χ4v) is 3.56. The fourth-order valence-electron chi connectivity index (χ4n) is 3.56. The lowest BCUT2D eigenvalue weighted by molar-refractivity contribution is 0.113. The van der Waals surface area contributed by atoms with Crippen molar-refractivity contribution in [3.8, 4) is 0 Å². The molecular formula is C15H21N7O. The van der Waals surface area contributed by atoms with Crippen molar-refractivity contribution in [2.45, 2.75) is 56.8 Å². The Bertz CT molecular complexity index is 642. The molecule has 0 amide bonds. The SMILES string of the molecule is OC[C@@H]1CC[C@@H](c2nnnn2C2CCC2)N1Cc1cnccn1. The number of hydrogen-bond acceptors (Lipinski definition) is 7. The van der Waals surface area contributed by atoms with Crippen LogP contribution in [0.15, 0.2) is 18.6 Å². The molecule has 1 aliphatic heterocycles. The molecule has 2 aliphatic rings. The van der Waals surface area contributed by atoms with E-state index in [9.17, 15) is 5.11 Å². The molecule has 8 heteroatoms. The summed E-state index contributed by atoms with van der Waals surface area (Å²) in [5.74, 6) is 0.926. The van der Waals surface area contributed by atoms with E-state index in [0.717, 1.165) is 37.2 Å². The molecule has 0 spiro atoms. The second-order valence-electron chi connectivity index (χ2n) is 6.37. The van der Waals surface area contributed by atoms with Crippen LogP contribution in [0.5, 0.6) is 0 Å². The van der Waals surface area contributed by atoms with Gasteiger partial charge in [0.2, 0.25) is 0 Å². The first kappa shape index (κ1) is 14.6. The van der Waals surface area contributed by atoms with Crippen molar-refractivity contribution in [2.75, 3.05) is 6.61 Å². The predicted molar refractivity (Wildman–Crippen MR) is 81.1 cm³/mol. The Labute approximate surface area is 134 Å². The quantitative estimate of drug-likeness (QED) is 0.875. The number of aromatic nitrogens is 6. The van der Waals surface area contributed by atoms with Crippen molar-refractivity contribution in [3.05, 3.63) is 30.1 Å². The van der Waals surface area contributed by atoms with E-state index in [1.807, 2.05) is 4.68 Å². The molecule has 3 heterocycles. The third-order valence-electron chi connectivity index (χ3n) is 5.05. The topological polar surface area (TPSA) is 92.9 Å². The highest BCUT2D eigenvalue weighted by atomic mass is 16.3. The van der Waals surface area contributed by atoms with Crippen LogP contribution in [0.25, 0.3) is 0 Å². The highest BCUT2D eigenvalue weighted by molar-refractivity contribution is 5.05. The Morgan fingerprint density at radius 2 is 2.09 bits per heavy atom. The number of aliphatic hydroxyl groups is 1. The van der Waals surface area contributed by atoms with E-state index in [-0.39, 0.29) is 18.7 Å². The second kappa shape index (κ2) is 6.29. The Morgan fingerprint density at radius 3 is 2.78 bits per heavy atom. The minimum Gasteiger partial charge on any atom is -0.395 e. The summed E-state index contributed by atoms with van der Waals surface area (Å²) in [6.45, 7) is 0.795. The van der Waals surface area contributed by atoms with Crippen molar-refractivity contribution >= 4 is 0 Å². The van der Waals surface area contributed by atoms with Gasteiger partial charge >= 0.3 is 0 Å². The minimum atomic E-state index is 0.119. The third kappa shape index (κ3) is 2.72. The van der Waals surface area contributed by atoms with Gasteiger partial charge in [0.15, 0.2) is 5.82 Å². The smallest absolute Gasteiger partial charge is 0.168 e. The van der Waals surface area contributed by atoms with Crippen molar-refractivity contribution in [2.24, 2.45) is 0 Å². The molecule has 2 aromatic heterocycles.